The van der Waals surface area contributed by atoms with Crippen molar-refractivity contribution in [2.24, 2.45) is 11.7 Å². The summed E-state index contributed by atoms with van der Waals surface area (Å²) in [7, 11) is 0. The molecule has 3 rings (SSSR count). The Labute approximate surface area is 149 Å². The highest BCUT2D eigenvalue weighted by molar-refractivity contribution is 5.91. The van der Waals surface area contributed by atoms with Crippen LogP contribution in [-0.4, -0.2) is 49.5 Å². The number of carbonyl (C=O) groups is 1. The minimum atomic E-state index is -0.828. The van der Waals surface area contributed by atoms with E-state index >= 15 is 0 Å². The molecule has 0 spiro atoms. The van der Waals surface area contributed by atoms with Crippen molar-refractivity contribution in [3.8, 4) is 0 Å². The standard InChI is InChI=1S/C16H23N5O5/c1-7(2)14(24)19-16-18-13-12(15(25)20-16)8(4-17)5-21(13)11-3-9(23)10(6-22)26-11/h5,7,9-11,22-23H,3-4,6,17H2,1-2H3,(H2,18,19,20,24,25)/t9-,10+,11+/m0/s1. The molecule has 6 N–H and O–H groups in total. The highest BCUT2D eigenvalue weighted by Gasteiger charge is 2.35. The smallest absolute Gasteiger partial charge is 0.262 e. The van der Waals surface area contributed by atoms with Crippen LogP contribution in [0.3, 0.4) is 0 Å². The summed E-state index contributed by atoms with van der Waals surface area (Å²) in [6, 6.07) is 0. The maximum Gasteiger partial charge on any atom is 0.262 e. The van der Waals surface area contributed by atoms with Crippen LogP contribution in [0.1, 0.15) is 32.1 Å². The van der Waals surface area contributed by atoms with Crippen molar-refractivity contribution in [1.29, 1.82) is 0 Å². The summed E-state index contributed by atoms with van der Waals surface area (Å²) < 4.78 is 7.26. The van der Waals surface area contributed by atoms with Crippen molar-refractivity contribution >= 4 is 22.9 Å². The number of nitrogens with zero attached hydrogens (tertiary/aromatic N) is 2. The minimum absolute atomic E-state index is 0.0291. The van der Waals surface area contributed by atoms with Crippen LogP contribution in [0.5, 0.6) is 0 Å². The molecule has 0 unspecified atom stereocenters. The van der Waals surface area contributed by atoms with Gasteiger partial charge in [-0.05, 0) is 5.56 Å². The van der Waals surface area contributed by atoms with Crippen molar-refractivity contribution < 1.29 is 19.7 Å². The quantitative estimate of drug-likeness (QED) is 0.474. The second kappa shape index (κ2) is 7.16. The Bertz CT molecular complexity index is 874. The first-order valence-corrected chi connectivity index (χ1v) is 8.44. The Morgan fingerprint density at radius 2 is 2.31 bits per heavy atom. The average molecular weight is 365 g/mol. The molecule has 3 atom stereocenters. The number of hydrogen-bond acceptors (Lipinski definition) is 7. The van der Waals surface area contributed by atoms with Gasteiger partial charge in [0, 0.05) is 25.1 Å². The number of aromatic amines is 1. The van der Waals surface area contributed by atoms with Gasteiger partial charge in [-0.2, -0.15) is 4.98 Å². The van der Waals surface area contributed by atoms with E-state index in [2.05, 4.69) is 15.3 Å². The second-order valence-corrected chi connectivity index (χ2v) is 6.64. The largest absolute Gasteiger partial charge is 0.394 e. The Morgan fingerprint density at radius 1 is 1.58 bits per heavy atom. The van der Waals surface area contributed by atoms with Gasteiger partial charge in [0.15, 0.2) is 5.65 Å². The third-order valence-electron chi connectivity index (χ3n) is 4.44. The van der Waals surface area contributed by atoms with Crippen LogP contribution < -0.4 is 16.6 Å². The van der Waals surface area contributed by atoms with Gasteiger partial charge in [-0.3, -0.25) is 19.9 Å². The monoisotopic (exact) mass is 365 g/mol. The fourth-order valence-corrected chi connectivity index (χ4v) is 2.98. The van der Waals surface area contributed by atoms with E-state index in [-0.39, 0.29) is 37.3 Å². The third-order valence-corrected chi connectivity index (χ3v) is 4.44. The van der Waals surface area contributed by atoms with Gasteiger partial charge in [-0.25, -0.2) is 0 Å². The van der Waals surface area contributed by atoms with Crippen LogP contribution in [0.15, 0.2) is 11.0 Å². The molecule has 0 aromatic carbocycles. The van der Waals surface area contributed by atoms with Crippen LogP contribution in [-0.2, 0) is 16.1 Å². The number of nitrogens with two attached hydrogens (primary N) is 1. The number of fused-ring (bicyclic) bond motifs is 1. The van der Waals surface area contributed by atoms with Gasteiger partial charge < -0.3 is 25.3 Å². The van der Waals surface area contributed by atoms with Gasteiger partial charge in [-0.15, -0.1) is 0 Å². The molecule has 142 valence electrons. The van der Waals surface area contributed by atoms with Crippen molar-refractivity contribution in [3.05, 3.63) is 22.1 Å². The highest BCUT2D eigenvalue weighted by atomic mass is 16.5. The summed E-state index contributed by atoms with van der Waals surface area (Å²) in [5, 5.41) is 22.1. The lowest BCUT2D eigenvalue weighted by molar-refractivity contribution is -0.118. The molecular formula is C16H23N5O5. The van der Waals surface area contributed by atoms with Crippen LogP contribution in [0.4, 0.5) is 5.95 Å². The van der Waals surface area contributed by atoms with Gasteiger partial charge in [0.1, 0.15) is 12.3 Å². The van der Waals surface area contributed by atoms with Crippen LogP contribution in [0, 0.1) is 5.92 Å². The average Bonchev–Trinajstić information content (AvgIpc) is 3.14. The molecule has 2 aromatic heterocycles. The molecule has 0 saturated carbocycles. The molecule has 10 heteroatoms. The van der Waals surface area contributed by atoms with Crippen LogP contribution >= 0.6 is 0 Å². The lowest BCUT2D eigenvalue weighted by Crippen LogP contribution is -2.24. The third kappa shape index (κ3) is 3.23. The minimum Gasteiger partial charge on any atom is -0.394 e. The number of ether oxygens (including phenoxy) is 1. The summed E-state index contributed by atoms with van der Waals surface area (Å²) >= 11 is 0. The maximum atomic E-state index is 12.5. The van der Waals surface area contributed by atoms with Gasteiger partial charge in [-0.1, -0.05) is 13.8 Å². The molecule has 1 aliphatic rings. The summed E-state index contributed by atoms with van der Waals surface area (Å²) in [5.41, 5.74) is 6.18. The van der Waals surface area contributed by atoms with E-state index in [0.29, 0.717) is 16.6 Å². The number of aliphatic hydroxyl groups is 2. The van der Waals surface area contributed by atoms with E-state index in [0.717, 1.165) is 0 Å². The Hall–Kier alpha value is -2.27. The number of aliphatic hydroxyl groups excluding tert-OH is 2. The fraction of sp³-hybridized carbons (Fsp3) is 0.562. The van der Waals surface area contributed by atoms with E-state index in [4.69, 9.17) is 10.5 Å². The number of H-pyrrole nitrogens is 1. The van der Waals surface area contributed by atoms with E-state index in [1.807, 2.05) is 0 Å². The number of amides is 1. The Balaban J connectivity index is 2.07. The molecule has 10 nitrogen and oxygen atoms in total. The number of hydrogen-bond donors (Lipinski definition) is 5. The maximum absolute atomic E-state index is 12.5. The molecule has 26 heavy (non-hydrogen) atoms. The molecule has 1 amide bonds. The Kier molecular flexibility index (Phi) is 5.10. The first kappa shape index (κ1) is 18.5. The predicted octanol–water partition coefficient (Wildman–Crippen LogP) is -0.581. The number of nitrogens with one attached hydrogen (secondary N) is 2. The Morgan fingerprint density at radius 3 is 2.88 bits per heavy atom. The van der Waals surface area contributed by atoms with Gasteiger partial charge in [0.2, 0.25) is 11.9 Å². The van der Waals surface area contributed by atoms with Crippen molar-refractivity contribution in [2.45, 2.75) is 45.2 Å². The number of rotatable bonds is 5. The van der Waals surface area contributed by atoms with Gasteiger partial charge in [0.25, 0.3) is 5.56 Å². The predicted molar refractivity (Wildman–Crippen MR) is 93.3 cm³/mol. The van der Waals surface area contributed by atoms with Crippen molar-refractivity contribution in [3.63, 3.8) is 0 Å². The van der Waals surface area contributed by atoms with E-state index < -0.39 is 24.0 Å². The van der Waals surface area contributed by atoms with E-state index in [1.54, 1.807) is 24.6 Å². The second-order valence-electron chi connectivity index (χ2n) is 6.64. The first-order chi connectivity index (χ1) is 12.3. The summed E-state index contributed by atoms with van der Waals surface area (Å²) in [4.78, 5) is 31.3. The molecule has 0 bridgehead atoms. The zero-order valence-corrected chi connectivity index (χ0v) is 14.6. The van der Waals surface area contributed by atoms with Gasteiger partial charge in [0.05, 0.1) is 18.1 Å². The molecule has 1 saturated heterocycles. The zero-order chi connectivity index (χ0) is 19.0. The fourth-order valence-electron chi connectivity index (χ4n) is 2.98. The molecule has 3 heterocycles. The van der Waals surface area contributed by atoms with Crippen molar-refractivity contribution in [1.82, 2.24) is 14.5 Å². The first-order valence-electron chi connectivity index (χ1n) is 8.44. The van der Waals surface area contributed by atoms with Crippen LogP contribution in [0.2, 0.25) is 0 Å². The topological polar surface area (TPSA) is 155 Å². The summed E-state index contributed by atoms with van der Waals surface area (Å²) in [6.07, 6.45) is -0.251. The van der Waals surface area contributed by atoms with E-state index in [9.17, 15) is 19.8 Å². The summed E-state index contributed by atoms with van der Waals surface area (Å²) in [6.45, 7) is 3.25. The SMILES string of the molecule is CC(C)C(=O)Nc1nc2c(c(CN)cn2[C@H]2C[C@H](O)[C@@H](CO)O2)c(=O)[nH]1. The number of anilines is 1. The molecule has 0 aliphatic carbocycles. The summed E-state index contributed by atoms with van der Waals surface area (Å²) in [5.74, 6) is -0.528. The zero-order valence-electron chi connectivity index (χ0n) is 14.6. The van der Waals surface area contributed by atoms with Gasteiger partial charge >= 0.3 is 0 Å². The van der Waals surface area contributed by atoms with E-state index in [1.165, 1.54) is 0 Å². The van der Waals surface area contributed by atoms with Crippen LogP contribution in [0.25, 0.3) is 11.0 Å². The number of carbonyl (C=O) groups excluding carboxylic acids is 1. The molecular weight excluding hydrogens is 342 g/mol. The molecule has 0 radical (unpaired) electrons. The number of aromatic nitrogens is 3. The molecule has 1 aliphatic heterocycles. The highest BCUT2D eigenvalue weighted by Crippen LogP contribution is 2.32. The lowest BCUT2D eigenvalue weighted by Gasteiger charge is -2.15. The molecule has 2 aromatic rings. The van der Waals surface area contributed by atoms with Crippen molar-refractivity contribution in [2.75, 3.05) is 11.9 Å². The normalized spacial score (nSPS) is 23.1. The lowest BCUT2D eigenvalue weighted by atomic mass is 10.2. The molecule has 1 fully saturated rings.